The highest BCUT2D eigenvalue weighted by Crippen LogP contribution is 2.31. The van der Waals surface area contributed by atoms with Crippen molar-refractivity contribution in [3.63, 3.8) is 0 Å². The van der Waals surface area contributed by atoms with Crippen molar-refractivity contribution in [1.29, 1.82) is 0 Å². The van der Waals surface area contributed by atoms with Crippen LogP contribution in [0, 0.1) is 0 Å². The average molecular weight is 486 g/mol. The molecule has 1 aromatic carbocycles. The largest absolute Gasteiger partial charge is 0.336 e. The maximum atomic E-state index is 13.0. The molecule has 6 heteroatoms. The minimum atomic E-state index is 0.0371. The van der Waals surface area contributed by atoms with E-state index >= 15 is 0 Å². The number of benzene rings is 1. The summed E-state index contributed by atoms with van der Waals surface area (Å²) >= 11 is 7.07. The van der Waals surface area contributed by atoms with Crippen LogP contribution in [0.1, 0.15) is 73.1 Å². The van der Waals surface area contributed by atoms with Crippen LogP contribution >= 0.6 is 31.9 Å². The van der Waals surface area contributed by atoms with Crippen LogP contribution in [-0.2, 0) is 0 Å². The van der Waals surface area contributed by atoms with E-state index in [-0.39, 0.29) is 23.9 Å². The molecule has 0 saturated carbocycles. The second-order valence-electron chi connectivity index (χ2n) is 7.50. The first-order valence-electron chi connectivity index (χ1n) is 9.51. The zero-order chi connectivity index (χ0) is 18.8. The summed E-state index contributed by atoms with van der Waals surface area (Å²) in [7, 11) is 0. The van der Waals surface area contributed by atoms with Crippen LogP contribution in [0.3, 0.4) is 0 Å². The number of rotatable bonds is 2. The summed E-state index contributed by atoms with van der Waals surface area (Å²) in [5.41, 5.74) is 1.24. The van der Waals surface area contributed by atoms with Gasteiger partial charge in [-0.3, -0.25) is 9.59 Å². The van der Waals surface area contributed by atoms with Gasteiger partial charge in [0.05, 0.1) is 11.1 Å². The molecule has 2 saturated heterocycles. The lowest BCUT2D eigenvalue weighted by atomic mass is 10.0. The molecule has 142 valence electrons. The molecule has 26 heavy (non-hydrogen) atoms. The van der Waals surface area contributed by atoms with Gasteiger partial charge in [0.1, 0.15) is 0 Å². The van der Waals surface area contributed by atoms with Gasteiger partial charge in [-0.2, -0.15) is 0 Å². The predicted molar refractivity (Wildman–Crippen MR) is 111 cm³/mol. The molecule has 0 bridgehead atoms. The van der Waals surface area contributed by atoms with Gasteiger partial charge in [0.25, 0.3) is 11.8 Å². The van der Waals surface area contributed by atoms with E-state index in [0.717, 1.165) is 38.8 Å². The van der Waals surface area contributed by atoms with Crippen LogP contribution < -0.4 is 0 Å². The smallest absolute Gasteiger partial charge is 0.255 e. The minimum absolute atomic E-state index is 0.0371. The normalized spacial score (nSPS) is 23.8. The van der Waals surface area contributed by atoms with Gasteiger partial charge in [-0.1, -0.05) is 0 Å². The van der Waals surface area contributed by atoms with Crippen molar-refractivity contribution in [3.05, 3.63) is 32.2 Å². The van der Waals surface area contributed by atoms with Gasteiger partial charge < -0.3 is 9.80 Å². The van der Waals surface area contributed by atoms with Crippen LogP contribution in [0.15, 0.2) is 21.1 Å². The molecule has 0 aromatic heterocycles. The molecule has 0 N–H and O–H groups in total. The molecule has 2 aliphatic heterocycles. The third-order valence-electron chi connectivity index (χ3n) is 5.65. The standard InChI is InChI=1S/C20H26Br2N2O2/c1-13-7-3-5-9-23(13)19(25)15-11-18(22)16(12-17(15)21)20(26)24-10-6-4-8-14(24)2/h11-14H,3-10H2,1-2H3. The fourth-order valence-electron chi connectivity index (χ4n) is 3.98. The number of hydrogen-bond donors (Lipinski definition) is 0. The lowest BCUT2D eigenvalue weighted by molar-refractivity contribution is 0.0621. The summed E-state index contributed by atoms with van der Waals surface area (Å²) in [6.07, 6.45) is 6.56. The maximum absolute atomic E-state index is 13.0. The van der Waals surface area contributed by atoms with Crippen molar-refractivity contribution < 1.29 is 9.59 Å². The third-order valence-corrected chi connectivity index (χ3v) is 6.96. The number of nitrogens with zero attached hydrogens (tertiary/aromatic N) is 2. The second kappa shape index (κ2) is 8.42. The molecule has 0 spiro atoms. The summed E-state index contributed by atoms with van der Waals surface area (Å²) in [6, 6.07) is 4.13. The van der Waals surface area contributed by atoms with Crippen LogP contribution in [0.25, 0.3) is 0 Å². The Bertz CT molecular complexity index is 648. The maximum Gasteiger partial charge on any atom is 0.255 e. The Labute approximate surface area is 172 Å². The first-order chi connectivity index (χ1) is 12.4. The lowest BCUT2D eigenvalue weighted by Crippen LogP contribution is -2.43. The van der Waals surface area contributed by atoms with Crippen LogP contribution in [-0.4, -0.2) is 46.8 Å². The summed E-state index contributed by atoms with van der Waals surface area (Å²) in [4.78, 5) is 29.9. The third kappa shape index (κ3) is 4.01. The first kappa shape index (κ1) is 19.9. The Morgan fingerprint density at radius 3 is 1.54 bits per heavy atom. The number of piperidine rings is 2. The summed E-state index contributed by atoms with van der Waals surface area (Å²) in [6.45, 7) is 5.82. The Morgan fingerprint density at radius 2 is 1.19 bits per heavy atom. The van der Waals surface area contributed by atoms with Crippen molar-refractivity contribution in [1.82, 2.24) is 9.80 Å². The molecule has 2 amide bonds. The summed E-state index contributed by atoms with van der Waals surface area (Å²) in [5.74, 6) is 0.0743. The minimum Gasteiger partial charge on any atom is -0.336 e. The highest BCUT2D eigenvalue weighted by molar-refractivity contribution is 9.11. The predicted octanol–water partition coefficient (Wildman–Crippen LogP) is 5.24. The summed E-state index contributed by atoms with van der Waals surface area (Å²) < 4.78 is 1.38. The van der Waals surface area contributed by atoms with Crippen LogP contribution in [0.2, 0.25) is 0 Å². The highest BCUT2D eigenvalue weighted by atomic mass is 79.9. The number of carbonyl (C=O) groups is 2. The molecule has 3 rings (SSSR count). The van der Waals surface area contributed by atoms with Gasteiger partial charge in [0.2, 0.25) is 0 Å². The van der Waals surface area contributed by atoms with Crippen molar-refractivity contribution in [2.45, 2.75) is 64.5 Å². The van der Waals surface area contributed by atoms with Gasteiger partial charge in [0, 0.05) is 34.1 Å². The lowest BCUT2D eigenvalue weighted by Gasteiger charge is -2.34. The number of halogens is 2. The van der Waals surface area contributed by atoms with E-state index < -0.39 is 0 Å². The van der Waals surface area contributed by atoms with Crippen LogP contribution in [0.5, 0.6) is 0 Å². The number of amides is 2. The zero-order valence-electron chi connectivity index (χ0n) is 15.4. The molecular formula is C20H26Br2N2O2. The second-order valence-corrected chi connectivity index (χ2v) is 9.21. The molecule has 2 unspecified atom stereocenters. The van der Waals surface area contributed by atoms with E-state index in [1.165, 1.54) is 12.8 Å². The van der Waals surface area contributed by atoms with E-state index in [2.05, 4.69) is 45.7 Å². The molecule has 2 aliphatic rings. The number of carbonyl (C=O) groups excluding carboxylic acids is 2. The van der Waals surface area contributed by atoms with Crippen molar-refractivity contribution in [3.8, 4) is 0 Å². The molecule has 4 nitrogen and oxygen atoms in total. The van der Waals surface area contributed by atoms with Gasteiger partial charge in [0.15, 0.2) is 0 Å². The quantitative estimate of drug-likeness (QED) is 0.574. The highest BCUT2D eigenvalue weighted by Gasteiger charge is 2.29. The Balaban J connectivity index is 1.86. The van der Waals surface area contributed by atoms with Gasteiger partial charge in [-0.05, 0) is 96.4 Å². The summed E-state index contributed by atoms with van der Waals surface area (Å²) in [5, 5.41) is 0. The van der Waals surface area contributed by atoms with Gasteiger partial charge >= 0.3 is 0 Å². The van der Waals surface area contributed by atoms with Gasteiger partial charge in [-0.15, -0.1) is 0 Å². The van der Waals surface area contributed by atoms with E-state index in [0.29, 0.717) is 20.1 Å². The number of likely N-dealkylation sites (tertiary alicyclic amines) is 2. The Hall–Kier alpha value is -0.880. The molecule has 0 radical (unpaired) electrons. The van der Waals surface area contributed by atoms with E-state index in [1.54, 1.807) is 12.1 Å². The van der Waals surface area contributed by atoms with Crippen molar-refractivity contribution in [2.75, 3.05) is 13.1 Å². The van der Waals surface area contributed by atoms with E-state index in [4.69, 9.17) is 0 Å². The zero-order valence-corrected chi connectivity index (χ0v) is 18.6. The topological polar surface area (TPSA) is 40.6 Å². The molecule has 2 atom stereocenters. The average Bonchev–Trinajstić information content (AvgIpc) is 2.63. The fourth-order valence-corrected chi connectivity index (χ4v) is 5.01. The van der Waals surface area contributed by atoms with E-state index in [9.17, 15) is 9.59 Å². The molecule has 2 heterocycles. The molecular weight excluding hydrogens is 460 g/mol. The van der Waals surface area contributed by atoms with Crippen molar-refractivity contribution >= 4 is 43.7 Å². The van der Waals surface area contributed by atoms with Crippen LogP contribution in [0.4, 0.5) is 0 Å². The van der Waals surface area contributed by atoms with E-state index in [1.807, 2.05) is 9.80 Å². The number of hydrogen-bond acceptors (Lipinski definition) is 2. The van der Waals surface area contributed by atoms with Gasteiger partial charge in [-0.25, -0.2) is 0 Å². The molecule has 1 aromatic rings. The fraction of sp³-hybridized carbons (Fsp3) is 0.600. The van der Waals surface area contributed by atoms with Crippen molar-refractivity contribution in [2.24, 2.45) is 0 Å². The molecule has 0 aliphatic carbocycles. The SMILES string of the molecule is CC1CCCCN1C(=O)c1cc(Br)c(C(=O)N2CCCCC2C)cc1Br. The molecule has 2 fully saturated rings. The Kier molecular flexibility index (Phi) is 6.44. The first-order valence-corrected chi connectivity index (χ1v) is 11.1. The monoisotopic (exact) mass is 484 g/mol. The Morgan fingerprint density at radius 1 is 0.808 bits per heavy atom.